The van der Waals surface area contributed by atoms with Crippen LogP contribution in [0.5, 0.6) is 0 Å². The van der Waals surface area contributed by atoms with Crippen LogP contribution in [0.15, 0.2) is 23.4 Å². The predicted octanol–water partition coefficient (Wildman–Crippen LogP) is 0.539. The first-order valence-corrected chi connectivity index (χ1v) is 8.35. The van der Waals surface area contributed by atoms with Crippen LogP contribution in [0.2, 0.25) is 0 Å². The Labute approximate surface area is 123 Å². The summed E-state index contributed by atoms with van der Waals surface area (Å²) in [6.07, 6.45) is 0. The molecular formula is C13H18FN3O3S. The first-order chi connectivity index (χ1) is 9.82. The van der Waals surface area contributed by atoms with Crippen molar-refractivity contribution in [2.45, 2.75) is 19.5 Å². The fraction of sp³-hybridized carbons (Fsp3) is 0.462. The summed E-state index contributed by atoms with van der Waals surface area (Å²) >= 11 is 0. The number of nitrogens with zero attached hydrogens (tertiary/aromatic N) is 2. The smallest absolute Gasteiger partial charge is 0.170 e. The van der Waals surface area contributed by atoms with Crippen molar-refractivity contribution in [1.29, 1.82) is 0 Å². The van der Waals surface area contributed by atoms with E-state index in [9.17, 15) is 12.8 Å². The third-order valence-corrected chi connectivity index (χ3v) is 5.43. The van der Waals surface area contributed by atoms with Crippen molar-refractivity contribution in [1.82, 2.24) is 4.90 Å². The van der Waals surface area contributed by atoms with E-state index in [0.29, 0.717) is 24.2 Å². The molecule has 1 aromatic carbocycles. The standard InChI is InChI=1S/C13H18FN3O3S/c1-9-8-21(19,20)5-4-17(9)7-11-3-2-10(6-12(11)14)13(15)16-18/h2-3,6,9,18H,4-5,7-8H2,1H3,(H2,15,16). The number of amidine groups is 1. The Kier molecular flexibility index (Phi) is 4.48. The van der Waals surface area contributed by atoms with Gasteiger partial charge in [0, 0.05) is 30.3 Å². The Morgan fingerprint density at radius 3 is 2.86 bits per heavy atom. The SMILES string of the molecule is CC1CS(=O)(=O)CCN1Cc1ccc(/C(N)=N/O)cc1F. The number of benzene rings is 1. The number of hydrogen-bond donors (Lipinski definition) is 2. The van der Waals surface area contributed by atoms with Crippen molar-refractivity contribution in [3.05, 3.63) is 35.1 Å². The minimum atomic E-state index is -2.98. The molecule has 0 amide bonds. The summed E-state index contributed by atoms with van der Waals surface area (Å²) in [5.74, 6) is -0.421. The van der Waals surface area contributed by atoms with Gasteiger partial charge < -0.3 is 10.9 Å². The molecule has 0 radical (unpaired) electrons. The third-order valence-electron chi connectivity index (χ3n) is 3.64. The van der Waals surface area contributed by atoms with Gasteiger partial charge in [0.15, 0.2) is 15.7 Å². The molecular weight excluding hydrogens is 297 g/mol. The number of oxime groups is 1. The van der Waals surface area contributed by atoms with Gasteiger partial charge in [0.2, 0.25) is 0 Å². The molecule has 1 aromatic rings. The third kappa shape index (κ3) is 3.70. The zero-order valence-corrected chi connectivity index (χ0v) is 12.5. The van der Waals surface area contributed by atoms with E-state index in [1.54, 1.807) is 12.1 Å². The number of hydrogen-bond acceptors (Lipinski definition) is 5. The fourth-order valence-corrected chi connectivity index (χ4v) is 4.00. The van der Waals surface area contributed by atoms with Crippen LogP contribution in [0.25, 0.3) is 0 Å². The quantitative estimate of drug-likeness (QED) is 0.367. The minimum absolute atomic E-state index is 0.0941. The topological polar surface area (TPSA) is 96.0 Å². The van der Waals surface area contributed by atoms with Crippen LogP contribution < -0.4 is 5.73 Å². The first-order valence-electron chi connectivity index (χ1n) is 6.53. The molecule has 0 spiro atoms. The molecule has 0 bridgehead atoms. The second kappa shape index (κ2) is 5.98. The lowest BCUT2D eigenvalue weighted by Crippen LogP contribution is -2.46. The summed E-state index contributed by atoms with van der Waals surface area (Å²) in [6, 6.07) is 4.19. The summed E-state index contributed by atoms with van der Waals surface area (Å²) in [7, 11) is -2.98. The van der Waals surface area contributed by atoms with Crippen LogP contribution >= 0.6 is 0 Å². The average Bonchev–Trinajstić information content (AvgIpc) is 2.42. The first kappa shape index (κ1) is 15.7. The van der Waals surface area contributed by atoms with E-state index in [2.05, 4.69) is 5.16 Å². The van der Waals surface area contributed by atoms with Gasteiger partial charge in [-0.3, -0.25) is 4.90 Å². The zero-order chi connectivity index (χ0) is 15.6. The lowest BCUT2D eigenvalue weighted by Gasteiger charge is -2.33. The fourth-order valence-electron chi connectivity index (χ4n) is 2.38. The Balaban J connectivity index is 2.14. The molecule has 6 nitrogen and oxygen atoms in total. The van der Waals surface area contributed by atoms with Crippen molar-refractivity contribution in [3.63, 3.8) is 0 Å². The monoisotopic (exact) mass is 315 g/mol. The lowest BCUT2D eigenvalue weighted by atomic mass is 10.1. The molecule has 8 heteroatoms. The van der Waals surface area contributed by atoms with Gasteiger partial charge in [-0.05, 0) is 13.0 Å². The normalized spacial score (nSPS) is 23.1. The van der Waals surface area contributed by atoms with E-state index in [0.717, 1.165) is 0 Å². The van der Waals surface area contributed by atoms with Crippen LogP contribution in [0.4, 0.5) is 4.39 Å². The van der Waals surface area contributed by atoms with Crippen molar-refractivity contribution < 1.29 is 18.0 Å². The molecule has 0 aliphatic carbocycles. The Morgan fingerprint density at radius 1 is 1.57 bits per heavy atom. The highest BCUT2D eigenvalue weighted by Crippen LogP contribution is 2.18. The van der Waals surface area contributed by atoms with Crippen molar-refractivity contribution in [2.24, 2.45) is 10.9 Å². The van der Waals surface area contributed by atoms with Gasteiger partial charge in [-0.25, -0.2) is 12.8 Å². The maximum atomic E-state index is 14.0. The van der Waals surface area contributed by atoms with E-state index in [1.165, 1.54) is 6.07 Å². The summed E-state index contributed by atoms with van der Waals surface area (Å²) in [4.78, 5) is 1.93. The van der Waals surface area contributed by atoms with E-state index in [1.807, 2.05) is 11.8 Å². The van der Waals surface area contributed by atoms with E-state index >= 15 is 0 Å². The van der Waals surface area contributed by atoms with Crippen molar-refractivity contribution in [2.75, 3.05) is 18.1 Å². The van der Waals surface area contributed by atoms with E-state index in [4.69, 9.17) is 10.9 Å². The van der Waals surface area contributed by atoms with Crippen molar-refractivity contribution in [3.8, 4) is 0 Å². The highest BCUT2D eigenvalue weighted by atomic mass is 32.2. The number of sulfone groups is 1. The van der Waals surface area contributed by atoms with Crippen molar-refractivity contribution >= 4 is 15.7 Å². The molecule has 1 saturated heterocycles. The van der Waals surface area contributed by atoms with Crippen LogP contribution in [-0.4, -0.2) is 48.5 Å². The van der Waals surface area contributed by atoms with Gasteiger partial charge in [-0.1, -0.05) is 17.3 Å². The highest BCUT2D eigenvalue weighted by Gasteiger charge is 2.28. The molecule has 1 atom stereocenters. The molecule has 0 aromatic heterocycles. The van der Waals surface area contributed by atoms with Crippen LogP contribution in [0.1, 0.15) is 18.1 Å². The van der Waals surface area contributed by atoms with Crippen LogP contribution in [0.3, 0.4) is 0 Å². The molecule has 21 heavy (non-hydrogen) atoms. The molecule has 3 N–H and O–H groups in total. The van der Waals surface area contributed by atoms with Gasteiger partial charge in [0.1, 0.15) is 5.82 Å². The maximum absolute atomic E-state index is 14.0. The Hall–Kier alpha value is -1.67. The zero-order valence-electron chi connectivity index (χ0n) is 11.7. The molecule has 1 heterocycles. The summed E-state index contributed by atoms with van der Waals surface area (Å²) in [5.41, 5.74) is 6.16. The van der Waals surface area contributed by atoms with E-state index < -0.39 is 15.7 Å². The molecule has 1 unspecified atom stereocenters. The predicted molar refractivity (Wildman–Crippen MR) is 77.4 cm³/mol. The molecule has 2 rings (SSSR count). The van der Waals surface area contributed by atoms with Crippen LogP contribution in [0, 0.1) is 5.82 Å². The largest absolute Gasteiger partial charge is 0.409 e. The van der Waals surface area contributed by atoms with Gasteiger partial charge >= 0.3 is 0 Å². The van der Waals surface area contributed by atoms with Gasteiger partial charge in [0.05, 0.1) is 11.5 Å². The summed E-state index contributed by atoms with van der Waals surface area (Å²) < 4.78 is 37.1. The molecule has 1 aliphatic rings. The number of rotatable bonds is 3. The van der Waals surface area contributed by atoms with E-state index in [-0.39, 0.29) is 23.4 Å². The van der Waals surface area contributed by atoms with Gasteiger partial charge in [-0.2, -0.15) is 0 Å². The maximum Gasteiger partial charge on any atom is 0.170 e. The second-order valence-electron chi connectivity index (χ2n) is 5.23. The number of nitrogens with two attached hydrogens (primary N) is 1. The molecule has 116 valence electrons. The molecule has 0 saturated carbocycles. The van der Waals surface area contributed by atoms with Gasteiger partial charge in [0.25, 0.3) is 0 Å². The van der Waals surface area contributed by atoms with Gasteiger partial charge in [-0.15, -0.1) is 0 Å². The lowest BCUT2D eigenvalue weighted by molar-refractivity contribution is 0.215. The second-order valence-corrected chi connectivity index (χ2v) is 7.45. The Morgan fingerprint density at radius 2 is 2.29 bits per heavy atom. The summed E-state index contributed by atoms with van der Waals surface area (Å²) in [5, 5.41) is 11.4. The average molecular weight is 315 g/mol. The van der Waals surface area contributed by atoms with Crippen LogP contribution in [-0.2, 0) is 16.4 Å². The number of halogens is 1. The summed E-state index contributed by atoms with van der Waals surface area (Å²) in [6.45, 7) is 2.54. The molecule has 1 aliphatic heterocycles. The minimum Gasteiger partial charge on any atom is -0.409 e. The molecule has 1 fully saturated rings. The highest BCUT2D eigenvalue weighted by molar-refractivity contribution is 7.91. The Bertz CT molecular complexity index is 661.